The molecule has 5 heteroatoms. The van der Waals surface area contributed by atoms with Gasteiger partial charge < -0.3 is 20.4 Å². The highest BCUT2D eigenvalue weighted by Crippen LogP contribution is 2.15. The summed E-state index contributed by atoms with van der Waals surface area (Å²) in [6.07, 6.45) is 9.90. The zero-order valence-electron chi connectivity index (χ0n) is 14.4. The van der Waals surface area contributed by atoms with E-state index in [4.69, 9.17) is 5.11 Å². The summed E-state index contributed by atoms with van der Waals surface area (Å²) < 4.78 is 0. The standard InChI is InChI=1S/C18H34O5/c1-2-3-12-15(19)18(23)16(20)13-10-8-6-4-5-7-9-11-14-17(21)22/h11,14-16,18-20,23H,2-10,12-13H2,1H3,(H,21,22). The molecule has 0 aliphatic carbocycles. The first-order valence-electron chi connectivity index (χ1n) is 8.92. The Morgan fingerprint density at radius 2 is 1.39 bits per heavy atom. The summed E-state index contributed by atoms with van der Waals surface area (Å²) in [5.74, 6) is -0.898. The summed E-state index contributed by atoms with van der Waals surface area (Å²) in [4.78, 5) is 10.3. The Balaban J connectivity index is 3.51. The average molecular weight is 330 g/mol. The van der Waals surface area contributed by atoms with Crippen molar-refractivity contribution in [1.29, 1.82) is 0 Å². The number of carboxylic acids is 1. The third-order valence-electron chi connectivity index (χ3n) is 4.02. The third-order valence-corrected chi connectivity index (χ3v) is 4.02. The monoisotopic (exact) mass is 330 g/mol. The Labute approximate surface area is 140 Å². The van der Waals surface area contributed by atoms with Crippen LogP contribution in [0, 0.1) is 0 Å². The van der Waals surface area contributed by atoms with Crippen LogP contribution in [0.2, 0.25) is 0 Å². The summed E-state index contributed by atoms with van der Waals surface area (Å²) in [7, 11) is 0. The molecule has 0 bridgehead atoms. The largest absolute Gasteiger partial charge is 0.478 e. The number of aliphatic carboxylic acids is 1. The van der Waals surface area contributed by atoms with Crippen LogP contribution in [0.15, 0.2) is 12.2 Å². The number of hydrogen-bond acceptors (Lipinski definition) is 4. The van der Waals surface area contributed by atoms with Crippen molar-refractivity contribution in [3.63, 3.8) is 0 Å². The molecule has 136 valence electrons. The van der Waals surface area contributed by atoms with Gasteiger partial charge in [-0.15, -0.1) is 0 Å². The van der Waals surface area contributed by atoms with Crippen LogP contribution in [0.25, 0.3) is 0 Å². The van der Waals surface area contributed by atoms with E-state index >= 15 is 0 Å². The van der Waals surface area contributed by atoms with Gasteiger partial charge in [-0.1, -0.05) is 57.9 Å². The van der Waals surface area contributed by atoms with Crippen LogP contribution < -0.4 is 0 Å². The molecule has 0 heterocycles. The van der Waals surface area contributed by atoms with Gasteiger partial charge in [-0.25, -0.2) is 4.79 Å². The van der Waals surface area contributed by atoms with Gasteiger partial charge in [-0.3, -0.25) is 0 Å². The van der Waals surface area contributed by atoms with Gasteiger partial charge >= 0.3 is 5.97 Å². The van der Waals surface area contributed by atoms with E-state index in [9.17, 15) is 20.1 Å². The molecule has 0 spiro atoms. The van der Waals surface area contributed by atoms with Crippen molar-refractivity contribution < 1.29 is 25.2 Å². The van der Waals surface area contributed by atoms with Gasteiger partial charge in [-0.2, -0.15) is 0 Å². The van der Waals surface area contributed by atoms with Gasteiger partial charge in [0.25, 0.3) is 0 Å². The first-order chi connectivity index (χ1) is 11.0. The Kier molecular flexibility index (Phi) is 14.1. The van der Waals surface area contributed by atoms with Gasteiger partial charge in [-0.05, 0) is 25.7 Å². The molecule has 3 unspecified atom stereocenters. The minimum atomic E-state index is -1.04. The molecular formula is C18H34O5. The van der Waals surface area contributed by atoms with Crippen LogP contribution in [0.5, 0.6) is 0 Å². The lowest BCUT2D eigenvalue weighted by Gasteiger charge is -2.22. The van der Waals surface area contributed by atoms with Crippen LogP contribution in [0.1, 0.15) is 77.6 Å². The van der Waals surface area contributed by atoms with Gasteiger partial charge in [0.15, 0.2) is 0 Å². The molecule has 3 atom stereocenters. The van der Waals surface area contributed by atoms with E-state index in [-0.39, 0.29) is 0 Å². The van der Waals surface area contributed by atoms with Crippen LogP contribution in [-0.4, -0.2) is 44.7 Å². The Morgan fingerprint density at radius 3 is 1.96 bits per heavy atom. The van der Waals surface area contributed by atoms with Gasteiger partial charge in [0.05, 0.1) is 12.2 Å². The highest BCUT2D eigenvalue weighted by Gasteiger charge is 2.23. The van der Waals surface area contributed by atoms with Crippen molar-refractivity contribution in [2.45, 2.75) is 95.9 Å². The minimum absolute atomic E-state index is 0.520. The van der Waals surface area contributed by atoms with Gasteiger partial charge in [0.1, 0.15) is 6.10 Å². The maximum atomic E-state index is 10.3. The molecule has 23 heavy (non-hydrogen) atoms. The maximum Gasteiger partial charge on any atom is 0.327 e. The molecule has 0 aliphatic rings. The zero-order valence-corrected chi connectivity index (χ0v) is 14.4. The molecule has 0 saturated carbocycles. The molecule has 0 aromatic carbocycles. The molecule has 0 fully saturated rings. The lowest BCUT2D eigenvalue weighted by Crippen LogP contribution is -2.37. The van der Waals surface area contributed by atoms with Crippen molar-refractivity contribution in [2.75, 3.05) is 0 Å². The molecule has 0 saturated heterocycles. The zero-order chi connectivity index (χ0) is 17.5. The fourth-order valence-corrected chi connectivity index (χ4v) is 2.52. The van der Waals surface area contributed by atoms with Crippen LogP contribution in [0.3, 0.4) is 0 Å². The molecule has 0 rings (SSSR count). The first-order valence-corrected chi connectivity index (χ1v) is 8.92. The highest BCUT2D eigenvalue weighted by molar-refractivity contribution is 5.79. The Hall–Kier alpha value is -0.910. The number of allylic oxidation sites excluding steroid dienone is 1. The quantitative estimate of drug-likeness (QED) is 0.273. The molecule has 0 aliphatic heterocycles. The first kappa shape index (κ1) is 22.1. The van der Waals surface area contributed by atoms with Crippen molar-refractivity contribution in [3.8, 4) is 0 Å². The number of carbonyl (C=O) groups is 1. The number of unbranched alkanes of at least 4 members (excludes halogenated alkanes) is 7. The van der Waals surface area contributed by atoms with Crippen LogP contribution in [0.4, 0.5) is 0 Å². The normalized spacial score (nSPS) is 15.7. The summed E-state index contributed by atoms with van der Waals surface area (Å²) in [6, 6.07) is 0. The third kappa shape index (κ3) is 13.2. The second-order valence-corrected chi connectivity index (χ2v) is 6.21. The van der Waals surface area contributed by atoms with Gasteiger partial charge in [0, 0.05) is 6.08 Å². The van der Waals surface area contributed by atoms with E-state index in [1.54, 1.807) is 6.08 Å². The second-order valence-electron chi connectivity index (χ2n) is 6.21. The molecule has 5 nitrogen and oxygen atoms in total. The smallest absolute Gasteiger partial charge is 0.327 e. The number of aliphatic hydroxyl groups excluding tert-OH is 3. The number of hydrogen-bond donors (Lipinski definition) is 4. The molecule has 0 aromatic heterocycles. The predicted octanol–water partition coefficient (Wildman–Crippen LogP) is 3.02. The van der Waals surface area contributed by atoms with Crippen molar-refractivity contribution in [2.24, 2.45) is 0 Å². The van der Waals surface area contributed by atoms with E-state index in [2.05, 4.69) is 0 Å². The molecule has 0 amide bonds. The minimum Gasteiger partial charge on any atom is -0.478 e. The number of rotatable bonds is 15. The van der Waals surface area contributed by atoms with E-state index in [0.29, 0.717) is 12.8 Å². The van der Waals surface area contributed by atoms with Crippen LogP contribution >= 0.6 is 0 Å². The topological polar surface area (TPSA) is 98.0 Å². The maximum absolute atomic E-state index is 10.3. The molecule has 0 radical (unpaired) electrons. The lowest BCUT2D eigenvalue weighted by atomic mass is 9.98. The van der Waals surface area contributed by atoms with Crippen molar-refractivity contribution >= 4 is 5.97 Å². The molecular weight excluding hydrogens is 296 g/mol. The Morgan fingerprint density at radius 1 is 0.870 bits per heavy atom. The van der Waals surface area contributed by atoms with Crippen molar-refractivity contribution in [3.05, 3.63) is 12.2 Å². The second kappa shape index (κ2) is 14.7. The molecule has 0 aromatic rings. The predicted molar refractivity (Wildman–Crippen MR) is 91.3 cm³/mol. The van der Waals surface area contributed by atoms with E-state index in [0.717, 1.165) is 57.8 Å². The highest BCUT2D eigenvalue weighted by atomic mass is 16.4. The molecule has 4 N–H and O–H groups in total. The fourth-order valence-electron chi connectivity index (χ4n) is 2.52. The number of aliphatic hydroxyl groups is 3. The van der Waals surface area contributed by atoms with Crippen molar-refractivity contribution in [1.82, 2.24) is 0 Å². The fraction of sp³-hybridized carbons (Fsp3) is 0.833. The summed E-state index contributed by atoms with van der Waals surface area (Å²) >= 11 is 0. The summed E-state index contributed by atoms with van der Waals surface area (Å²) in [5.41, 5.74) is 0. The van der Waals surface area contributed by atoms with Crippen LogP contribution in [-0.2, 0) is 4.79 Å². The van der Waals surface area contributed by atoms with E-state index in [1.165, 1.54) is 6.08 Å². The summed E-state index contributed by atoms with van der Waals surface area (Å²) in [5, 5.41) is 37.9. The SMILES string of the molecule is CCCCC(O)C(O)C(O)CCCCCCCCC=CC(=O)O. The Bertz CT molecular complexity index is 317. The lowest BCUT2D eigenvalue weighted by molar-refractivity contribution is -0.131. The number of carboxylic acid groups (broad SMARTS) is 1. The van der Waals surface area contributed by atoms with E-state index in [1.807, 2.05) is 6.92 Å². The average Bonchev–Trinajstić information content (AvgIpc) is 2.52. The van der Waals surface area contributed by atoms with E-state index < -0.39 is 24.3 Å². The van der Waals surface area contributed by atoms with Gasteiger partial charge in [0.2, 0.25) is 0 Å². The summed E-state index contributed by atoms with van der Waals surface area (Å²) in [6.45, 7) is 2.03.